The van der Waals surface area contributed by atoms with Crippen molar-refractivity contribution in [1.82, 2.24) is 0 Å². The summed E-state index contributed by atoms with van der Waals surface area (Å²) >= 11 is 0. The summed E-state index contributed by atoms with van der Waals surface area (Å²) in [5.41, 5.74) is 0. The highest BCUT2D eigenvalue weighted by atomic mass is 28.5. The average molecular weight is 349 g/mol. The first-order valence-electron chi connectivity index (χ1n) is 7.88. The van der Waals surface area contributed by atoms with Crippen LogP contribution in [0.4, 0.5) is 0 Å². The van der Waals surface area contributed by atoms with Crippen molar-refractivity contribution in [2.24, 2.45) is 0 Å². The molecule has 4 nitrogen and oxygen atoms in total. The fourth-order valence-corrected chi connectivity index (χ4v) is 12.9. The van der Waals surface area contributed by atoms with E-state index in [2.05, 4.69) is 27.7 Å². The van der Waals surface area contributed by atoms with Crippen molar-refractivity contribution in [1.29, 1.82) is 0 Å². The maximum Gasteiger partial charge on any atom is 0.365 e. The molecule has 0 aromatic rings. The first kappa shape index (κ1) is 18.8. The van der Waals surface area contributed by atoms with Crippen molar-refractivity contribution in [3.63, 3.8) is 0 Å². The summed E-state index contributed by atoms with van der Waals surface area (Å²) in [5, 5.41) is 0. The van der Waals surface area contributed by atoms with Crippen LogP contribution in [0.5, 0.6) is 0 Å². The quantitative estimate of drug-likeness (QED) is 0.627. The zero-order valence-corrected chi connectivity index (χ0v) is 17.3. The first-order chi connectivity index (χ1) is 9.73. The van der Waals surface area contributed by atoms with E-state index in [0.717, 1.165) is 49.9 Å². The summed E-state index contributed by atoms with van der Waals surface area (Å²) in [5.74, 6) is 0. The third-order valence-electron chi connectivity index (χ3n) is 2.73. The lowest BCUT2D eigenvalue weighted by molar-refractivity contribution is 0.278. The molecular weight excluding hydrogens is 320 g/mol. The van der Waals surface area contributed by atoms with Gasteiger partial charge in [0.2, 0.25) is 0 Å². The van der Waals surface area contributed by atoms with Gasteiger partial charge < -0.3 is 16.5 Å². The molecule has 0 atom stereocenters. The van der Waals surface area contributed by atoms with Crippen LogP contribution in [0.25, 0.3) is 0 Å². The molecule has 1 saturated heterocycles. The molecule has 116 valence electrons. The molecular formula is C12H28O4Si4. The Balaban J connectivity index is 2.67. The summed E-state index contributed by atoms with van der Waals surface area (Å²) in [7, 11) is -4.72. The van der Waals surface area contributed by atoms with E-state index in [0.29, 0.717) is 0 Å². The summed E-state index contributed by atoms with van der Waals surface area (Å²) in [6.45, 7) is 8.76. The van der Waals surface area contributed by atoms with Gasteiger partial charge in [-0.05, 0) is 24.2 Å². The van der Waals surface area contributed by atoms with Gasteiger partial charge in [-0.15, -0.1) is 0 Å². The van der Waals surface area contributed by atoms with E-state index in [4.69, 9.17) is 16.5 Å². The van der Waals surface area contributed by atoms with Crippen LogP contribution >= 0.6 is 0 Å². The maximum atomic E-state index is 6.26. The van der Waals surface area contributed by atoms with Crippen LogP contribution in [0.3, 0.4) is 0 Å². The van der Waals surface area contributed by atoms with Gasteiger partial charge in [-0.1, -0.05) is 53.4 Å². The molecule has 0 N–H and O–H groups in total. The Labute approximate surface area is 131 Å². The second kappa shape index (κ2) is 11.3. The van der Waals surface area contributed by atoms with Crippen molar-refractivity contribution in [3.05, 3.63) is 0 Å². The largest absolute Gasteiger partial charge is 0.414 e. The Morgan fingerprint density at radius 2 is 0.650 bits per heavy atom. The van der Waals surface area contributed by atoms with Gasteiger partial charge in [0.05, 0.1) is 0 Å². The molecule has 1 fully saturated rings. The van der Waals surface area contributed by atoms with E-state index in [9.17, 15) is 0 Å². The molecule has 0 aromatic heterocycles. The Morgan fingerprint density at radius 3 is 0.800 bits per heavy atom. The van der Waals surface area contributed by atoms with Crippen LogP contribution in [0.1, 0.15) is 53.4 Å². The Morgan fingerprint density at radius 1 is 0.450 bits per heavy atom. The Hall–Kier alpha value is 0.708. The van der Waals surface area contributed by atoms with E-state index in [-0.39, 0.29) is 0 Å². The second-order valence-corrected chi connectivity index (χ2v) is 13.1. The summed E-state index contributed by atoms with van der Waals surface area (Å²) < 4.78 is 25.0. The molecule has 0 spiro atoms. The van der Waals surface area contributed by atoms with Crippen molar-refractivity contribution < 1.29 is 16.5 Å². The van der Waals surface area contributed by atoms with E-state index in [1.807, 2.05) is 0 Å². The van der Waals surface area contributed by atoms with E-state index < -0.39 is 37.1 Å². The Kier molecular flexibility index (Phi) is 10.6. The number of hydrogen-bond acceptors (Lipinski definition) is 4. The second-order valence-electron chi connectivity index (χ2n) is 4.90. The van der Waals surface area contributed by atoms with Gasteiger partial charge in [0.1, 0.15) is 0 Å². The third kappa shape index (κ3) is 7.12. The predicted molar refractivity (Wildman–Crippen MR) is 87.7 cm³/mol. The van der Waals surface area contributed by atoms with Crippen LogP contribution in [0, 0.1) is 0 Å². The van der Waals surface area contributed by atoms with Crippen molar-refractivity contribution in [2.75, 3.05) is 0 Å². The molecule has 0 saturated carbocycles. The van der Waals surface area contributed by atoms with Crippen LogP contribution < -0.4 is 0 Å². The van der Waals surface area contributed by atoms with E-state index in [1.165, 1.54) is 0 Å². The predicted octanol–water partition coefficient (Wildman–Crippen LogP) is 3.66. The fraction of sp³-hybridized carbons (Fsp3) is 1.00. The van der Waals surface area contributed by atoms with E-state index in [1.54, 1.807) is 0 Å². The molecule has 1 heterocycles. The molecule has 1 aliphatic rings. The lowest BCUT2D eigenvalue weighted by Crippen LogP contribution is -2.48. The van der Waals surface area contributed by atoms with Crippen LogP contribution in [-0.4, -0.2) is 37.1 Å². The molecule has 0 aliphatic carbocycles. The van der Waals surface area contributed by atoms with Crippen molar-refractivity contribution >= 4 is 37.1 Å². The number of rotatable bonds is 8. The van der Waals surface area contributed by atoms with Gasteiger partial charge in [0.25, 0.3) is 0 Å². The fourth-order valence-electron chi connectivity index (χ4n) is 1.82. The van der Waals surface area contributed by atoms with Crippen molar-refractivity contribution in [2.45, 2.75) is 77.6 Å². The highest BCUT2D eigenvalue weighted by molar-refractivity contribution is 6.73. The molecule has 0 amide bonds. The van der Waals surface area contributed by atoms with Crippen LogP contribution in [0.2, 0.25) is 24.2 Å². The lowest BCUT2D eigenvalue weighted by atomic mass is 10.6. The third-order valence-corrected chi connectivity index (χ3v) is 13.6. The highest BCUT2D eigenvalue weighted by Crippen LogP contribution is 2.19. The summed E-state index contributed by atoms with van der Waals surface area (Å²) in [6, 6.07) is 4.18. The van der Waals surface area contributed by atoms with Gasteiger partial charge in [-0.2, -0.15) is 0 Å². The highest BCUT2D eigenvalue weighted by Gasteiger charge is 2.36. The standard InChI is InChI=1S/C12H28O4Si4/c1-5-9-17-13-18(10-6-2)15-20(12-8-4)16-19(14-17)11-7-3/h5-12H2,1-4H3. The molecule has 0 aromatic carbocycles. The summed E-state index contributed by atoms with van der Waals surface area (Å²) in [6.07, 6.45) is 4.46. The molecule has 0 unspecified atom stereocenters. The van der Waals surface area contributed by atoms with Crippen LogP contribution in [-0.2, 0) is 16.5 Å². The van der Waals surface area contributed by atoms with Crippen molar-refractivity contribution in [3.8, 4) is 0 Å². The minimum atomic E-state index is -1.18. The molecule has 1 aliphatic heterocycles. The Bertz CT molecular complexity index is 191. The van der Waals surface area contributed by atoms with Gasteiger partial charge in [0.15, 0.2) is 0 Å². The minimum Gasteiger partial charge on any atom is -0.414 e. The van der Waals surface area contributed by atoms with Gasteiger partial charge >= 0.3 is 37.1 Å². The summed E-state index contributed by atoms with van der Waals surface area (Å²) in [4.78, 5) is 0. The molecule has 1 rings (SSSR count). The minimum absolute atomic E-state index is 1.04. The van der Waals surface area contributed by atoms with Gasteiger partial charge in [-0.3, -0.25) is 0 Å². The van der Waals surface area contributed by atoms with Gasteiger partial charge in [0, 0.05) is 0 Å². The average Bonchev–Trinajstić information content (AvgIpc) is 2.37. The molecule has 4 radical (unpaired) electrons. The zero-order chi connectivity index (χ0) is 14.8. The molecule has 8 heteroatoms. The molecule has 0 bridgehead atoms. The SMILES string of the molecule is CCC[Si]1O[Si](CCC)O[Si](CCC)O[Si](CCC)O1. The molecule has 20 heavy (non-hydrogen) atoms. The zero-order valence-electron chi connectivity index (χ0n) is 13.3. The normalized spacial score (nSPS) is 21.0. The van der Waals surface area contributed by atoms with Gasteiger partial charge in [-0.25, -0.2) is 0 Å². The van der Waals surface area contributed by atoms with E-state index >= 15 is 0 Å². The lowest BCUT2D eigenvalue weighted by Gasteiger charge is -2.31. The smallest absolute Gasteiger partial charge is 0.365 e. The van der Waals surface area contributed by atoms with Crippen LogP contribution in [0.15, 0.2) is 0 Å². The first-order valence-corrected chi connectivity index (χ1v) is 14.0. The number of hydrogen-bond donors (Lipinski definition) is 0. The topological polar surface area (TPSA) is 36.9 Å². The monoisotopic (exact) mass is 348 g/mol. The maximum absolute atomic E-state index is 6.26.